The number of hydrogen-bond donors (Lipinski definition) is 2. The van der Waals surface area contributed by atoms with E-state index in [2.05, 4.69) is 48.5 Å². The Kier molecular flexibility index (Phi) is 11.6. The summed E-state index contributed by atoms with van der Waals surface area (Å²) in [6.45, 7) is 4.41. The molecule has 0 radical (unpaired) electrons. The maximum atomic E-state index is 14.3. The van der Waals surface area contributed by atoms with Crippen molar-refractivity contribution in [2.24, 2.45) is 5.92 Å². The van der Waals surface area contributed by atoms with Crippen LogP contribution in [0.5, 0.6) is 5.75 Å². The maximum Gasteiger partial charge on any atom is 0.336 e. The number of aliphatic hydroxyl groups is 2. The highest BCUT2D eigenvalue weighted by molar-refractivity contribution is 5.90. The van der Waals surface area contributed by atoms with Crippen LogP contribution in [0.2, 0.25) is 0 Å². The van der Waals surface area contributed by atoms with Crippen molar-refractivity contribution in [1.29, 1.82) is 0 Å². The summed E-state index contributed by atoms with van der Waals surface area (Å²) in [7, 11) is 0. The third-order valence-electron chi connectivity index (χ3n) is 11.0. The van der Waals surface area contributed by atoms with Gasteiger partial charge in [-0.15, -0.1) is 0 Å². The molecule has 1 aromatic heterocycles. The molecule has 56 heavy (non-hydrogen) atoms. The van der Waals surface area contributed by atoms with Crippen LogP contribution in [0.4, 0.5) is 0 Å². The van der Waals surface area contributed by atoms with E-state index in [0.717, 1.165) is 24.0 Å². The van der Waals surface area contributed by atoms with E-state index in [9.17, 15) is 24.6 Å². The molecule has 0 spiro atoms. The van der Waals surface area contributed by atoms with Crippen molar-refractivity contribution >= 4 is 22.9 Å². The van der Waals surface area contributed by atoms with Crippen molar-refractivity contribution in [2.45, 2.75) is 90.1 Å². The van der Waals surface area contributed by atoms with Crippen LogP contribution in [0.3, 0.4) is 0 Å². The molecule has 4 heterocycles. The molecule has 4 aromatic carbocycles. The smallest absolute Gasteiger partial charge is 0.336 e. The van der Waals surface area contributed by atoms with Crippen molar-refractivity contribution in [3.8, 4) is 5.75 Å². The number of fused-ring (bicyclic) bond motifs is 13. The van der Waals surface area contributed by atoms with Gasteiger partial charge in [-0.3, -0.25) is 4.79 Å². The van der Waals surface area contributed by atoms with E-state index >= 15 is 0 Å². The Morgan fingerprint density at radius 3 is 2.27 bits per heavy atom. The Labute approximate surface area is 326 Å². The third-order valence-corrected chi connectivity index (χ3v) is 11.0. The third kappa shape index (κ3) is 8.64. The van der Waals surface area contributed by atoms with Crippen LogP contribution < -0.4 is 10.4 Å². The highest BCUT2D eigenvalue weighted by atomic mass is 16.6. The highest BCUT2D eigenvalue weighted by Gasteiger charge is 2.50. The summed E-state index contributed by atoms with van der Waals surface area (Å²) >= 11 is 0. The fourth-order valence-electron chi connectivity index (χ4n) is 7.98. The van der Waals surface area contributed by atoms with Crippen LogP contribution in [-0.2, 0) is 51.4 Å². The Morgan fingerprint density at radius 2 is 1.52 bits per heavy atom. The molecule has 2 bridgehead atoms. The number of aryl methyl sites for hydroxylation is 2. The molecular formula is C47H48O9. The first kappa shape index (κ1) is 38.8. The largest absolute Gasteiger partial charge is 0.483 e. The van der Waals surface area contributed by atoms with E-state index in [0.29, 0.717) is 53.5 Å². The SMILES string of the molecule is CC(CO)=C1CCc2ccc(cc2)C[C@H](CCc2cccc(Cc3ccccc3)c2)CC(=O)O[C@H]2c3c(ccc4c(CO)cc(=O)oc34)OC(C)(C)[C@H]2OC1=O. The number of esters is 2. The van der Waals surface area contributed by atoms with Gasteiger partial charge in [-0.05, 0) is 116 Å². The Morgan fingerprint density at radius 1 is 0.786 bits per heavy atom. The van der Waals surface area contributed by atoms with Gasteiger partial charge in [0.15, 0.2) is 12.2 Å². The van der Waals surface area contributed by atoms with E-state index < -0.39 is 42.0 Å². The number of aliphatic hydroxyl groups excluding tert-OH is 2. The van der Waals surface area contributed by atoms with Crippen LogP contribution in [0.1, 0.15) is 85.1 Å². The Hall–Kier alpha value is -5.51. The quantitative estimate of drug-likeness (QED) is 0.0975. The van der Waals surface area contributed by atoms with E-state index in [1.807, 2.05) is 30.3 Å². The van der Waals surface area contributed by atoms with E-state index in [4.69, 9.17) is 18.6 Å². The van der Waals surface area contributed by atoms with Gasteiger partial charge in [-0.2, -0.15) is 0 Å². The Bertz CT molecular complexity index is 2300. The van der Waals surface area contributed by atoms with Crippen molar-refractivity contribution in [2.75, 3.05) is 6.61 Å². The van der Waals surface area contributed by atoms with Crippen molar-refractivity contribution in [1.82, 2.24) is 0 Å². The molecule has 9 heteroatoms. The average molecular weight is 757 g/mol. The second-order valence-corrected chi connectivity index (χ2v) is 15.6. The number of carbonyl (C=O) groups excluding carboxylic acids is 2. The molecule has 0 fully saturated rings. The first-order valence-electron chi connectivity index (χ1n) is 19.3. The lowest BCUT2D eigenvalue weighted by Gasteiger charge is -2.43. The van der Waals surface area contributed by atoms with Gasteiger partial charge in [0, 0.05) is 23.4 Å². The second kappa shape index (κ2) is 16.7. The normalized spacial score (nSPS) is 20.7. The van der Waals surface area contributed by atoms with Crippen LogP contribution >= 0.6 is 0 Å². The predicted octanol–water partition coefficient (Wildman–Crippen LogP) is 7.68. The van der Waals surface area contributed by atoms with E-state index in [1.54, 1.807) is 32.9 Å². The molecule has 290 valence electrons. The first-order valence-corrected chi connectivity index (χ1v) is 19.3. The number of hydrogen-bond acceptors (Lipinski definition) is 9. The molecule has 5 aromatic rings. The van der Waals surface area contributed by atoms with Gasteiger partial charge in [0.1, 0.15) is 16.9 Å². The molecule has 0 aliphatic carbocycles. The van der Waals surface area contributed by atoms with Crippen LogP contribution in [0.25, 0.3) is 11.0 Å². The Balaban J connectivity index is 1.26. The zero-order chi connectivity index (χ0) is 39.4. The van der Waals surface area contributed by atoms with Crippen LogP contribution in [0.15, 0.2) is 117 Å². The molecule has 3 aliphatic heterocycles. The zero-order valence-corrected chi connectivity index (χ0v) is 32.1. The lowest BCUT2D eigenvalue weighted by molar-refractivity contribution is -0.188. The van der Waals surface area contributed by atoms with Gasteiger partial charge in [-0.1, -0.05) is 78.9 Å². The van der Waals surface area contributed by atoms with E-state index in [1.165, 1.54) is 22.8 Å². The molecule has 0 unspecified atom stereocenters. The van der Waals surface area contributed by atoms with Gasteiger partial charge in [-0.25, -0.2) is 9.59 Å². The summed E-state index contributed by atoms with van der Waals surface area (Å²) in [5, 5.41) is 20.7. The van der Waals surface area contributed by atoms with Crippen LogP contribution in [0, 0.1) is 5.92 Å². The minimum Gasteiger partial charge on any atom is -0.483 e. The fraction of sp³-hybridized carbons (Fsp3) is 0.340. The molecule has 0 saturated carbocycles. The van der Waals surface area contributed by atoms with Crippen molar-refractivity contribution in [3.05, 3.63) is 158 Å². The van der Waals surface area contributed by atoms with Crippen molar-refractivity contribution < 1.29 is 38.4 Å². The second-order valence-electron chi connectivity index (χ2n) is 15.6. The minimum atomic E-state index is -1.23. The standard InChI is InChI=1S/C47H48O9/c1-29(27-48)37-19-18-30-12-14-33(15-13-30)24-35(17-16-32-10-7-11-34(23-32)22-31-8-5-4-6-9-31)25-40(50)54-44-42-39(56-47(2,3)45(44)55-46(37)52)21-20-38-36(28-49)26-41(51)53-43(38)42/h4-15,20-21,23,26,35,44-45,48-49H,16-19,22,24-25,27-28H2,1-3H3/t35-,44-,45-/m0/s1. The molecular weight excluding hydrogens is 709 g/mol. The molecule has 3 aliphatic rings. The molecule has 0 saturated heterocycles. The van der Waals surface area contributed by atoms with Gasteiger partial charge in [0.05, 0.1) is 18.8 Å². The number of ether oxygens (including phenoxy) is 3. The summed E-state index contributed by atoms with van der Waals surface area (Å²) in [6, 6.07) is 31.8. The molecule has 9 nitrogen and oxygen atoms in total. The van der Waals surface area contributed by atoms with Crippen LogP contribution in [-0.4, -0.2) is 40.5 Å². The monoisotopic (exact) mass is 756 g/mol. The van der Waals surface area contributed by atoms with Gasteiger partial charge in [0.25, 0.3) is 0 Å². The summed E-state index contributed by atoms with van der Waals surface area (Å²) in [5.41, 5.74) is 5.28. The summed E-state index contributed by atoms with van der Waals surface area (Å²) in [6.07, 6.45) is 1.44. The maximum absolute atomic E-state index is 14.3. The first-order chi connectivity index (χ1) is 27.0. The van der Waals surface area contributed by atoms with E-state index in [-0.39, 0.29) is 30.1 Å². The number of carbonyl (C=O) groups is 2. The molecule has 0 amide bonds. The molecule has 2 N–H and O–H groups in total. The fourth-order valence-corrected chi connectivity index (χ4v) is 7.98. The summed E-state index contributed by atoms with van der Waals surface area (Å²) in [4.78, 5) is 41.2. The van der Waals surface area contributed by atoms with Crippen molar-refractivity contribution in [3.63, 3.8) is 0 Å². The predicted molar refractivity (Wildman–Crippen MR) is 212 cm³/mol. The zero-order valence-electron chi connectivity index (χ0n) is 32.1. The van der Waals surface area contributed by atoms with Gasteiger partial charge >= 0.3 is 17.6 Å². The number of rotatable bonds is 7. The topological polar surface area (TPSA) is 133 Å². The lowest BCUT2D eigenvalue weighted by atomic mass is 9.86. The van der Waals surface area contributed by atoms with Gasteiger partial charge in [0.2, 0.25) is 0 Å². The molecule has 8 rings (SSSR count). The average Bonchev–Trinajstić information content (AvgIpc) is 3.18. The molecule has 3 atom stereocenters. The summed E-state index contributed by atoms with van der Waals surface area (Å²) in [5.74, 6) is -0.975. The highest BCUT2D eigenvalue weighted by Crippen LogP contribution is 2.47. The number of benzene rings is 4. The minimum absolute atomic E-state index is 0.0740. The van der Waals surface area contributed by atoms with Gasteiger partial charge < -0.3 is 28.8 Å². The summed E-state index contributed by atoms with van der Waals surface area (Å²) < 4.78 is 24.9. The lowest BCUT2D eigenvalue weighted by Crippen LogP contribution is -2.52.